The summed E-state index contributed by atoms with van der Waals surface area (Å²) in [5.74, 6) is -1.71. The molecular weight excluding hydrogens is 324 g/mol. The van der Waals surface area contributed by atoms with Crippen LogP contribution in [-0.4, -0.2) is 42.6 Å². The molecule has 1 atom stereocenters. The van der Waals surface area contributed by atoms with E-state index in [1.165, 1.54) is 13.5 Å². The average molecular weight is 348 g/mol. The van der Waals surface area contributed by atoms with E-state index in [2.05, 4.69) is 10.6 Å². The fourth-order valence-corrected chi connectivity index (χ4v) is 2.93. The van der Waals surface area contributed by atoms with Crippen molar-refractivity contribution in [2.45, 2.75) is 38.1 Å². The van der Waals surface area contributed by atoms with Crippen LogP contribution in [0.4, 0.5) is 5.69 Å². The predicted molar refractivity (Wildman–Crippen MR) is 92.4 cm³/mol. The molecule has 0 radical (unpaired) electrons. The Morgan fingerprint density at radius 3 is 2.60 bits per heavy atom. The maximum Gasteiger partial charge on any atom is 0.328 e. The number of carbonyl (C=O) groups excluding carboxylic acids is 2. The third kappa shape index (κ3) is 5.56. The number of ether oxygens (including phenoxy) is 1. The Hall–Kier alpha value is -2.41. The van der Waals surface area contributed by atoms with E-state index in [1.54, 1.807) is 24.3 Å². The number of carboxylic acids is 1. The van der Waals surface area contributed by atoms with E-state index in [9.17, 15) is 14.4 Å². The van der Waals surface area contributed by atoms with Crippen LogP contribution in [-0.2, 0) is 14.3 Å². The maximum absolute atomic E-state index is 12.3. The monoisotopic (exact) mass is 348 g/mol. The molecule has 0 bridgehead atoms. The fourth-order valence-electron chi connectivity index (χ4n) is 2.93. The number of benzene rings is 1. The minimum absolute atomic E-state index is 0.0179. The Morgan fingerprint density at radius 2 is 1.96 bits per heavy atom. The van der Waals surface area contributed by atoms with E-state index < -0.39 is 17.9 Å². The molecule has 1 aliphatic rings. The number of nitrogens with one attached hydrogen (secondary N) is 2. The molecule has 0 spiro atoms. The molecule has 1 aromatic rings. The molecule has 1 fully saturated rings. The van der Waals surface area contributed by atoms with Gasteiger partial charge in [-0.3, -0.25) is 9.59 Å². The average Bonchev–Trinajstić information content (AvgIpc) is 2.62. The van der Waals surface area contributed by atoms with Crippen LogP contribution in [0.5, 0.6) is 0 Å². The molecule has 1 saturated carbocycles. The summed E-state index contributed by atoms with van der Waals surface area (Å²) in [5, 5.41) is 14.3. The lowest BCUT2D eigenvalue weighted by atomic mass is 9.88. The van der Waals surface area contributed by atoms with E-state index in [1.807, 2.05) is 0 Å². The normalized spacial score (nSPS) is 16.0. The van der Waals surface area contributed by atoms with E-state index in [0.717, 1.165) is 25.7 Å². The SMILES string of the molecule is COCC(NC(=O)c1cccc(NC(=O)C2CCCCC2)c1)C(=O)O. The molecule has 1 unspecified atom stereocenters. The Morgan fingerprint density at radius 1 is 1.24 bits per heavy atom. The van der Waals surface area contributed by atoms with Gasteiger partial charge in [0.25, 0.3) is 5.91 Å². The molecule has 7 heteroatoms. The molecule has 7 nitrogen and oxygen atoms in total. The zero-order valence-corrected chi connectivity index (χ0v) is 14.3. The van der Waals surface area contributed by atoms with Gasteiger partial charge < -0.3 is 20.5 Å². The van der Waals surface area contributed by atoms with Crippen molar-refractivity contribution in [1.29, 1.82) is 0 Å². The van der Waals surface area contributed by atoms with Gasteiger partial charge in [-0.15, -0.1) is 0 Å². The number of aliphatic carboxylic acids is 1. The minimum atomic E-state index is -1.17. The van der Waals surface area contributed by atoms with Crippen molar-refractivity contribution in [2.75, 3.05) is 19.0 Å². The topological polar surface area (TPSA) is 105 Å². The molecule has 0 aliphatic heterocycles. The Bertz CT molecular complexity index is 626. The number of methoxy groups -OCH3 is 1. The summed E-state index contributed by atoms with van der Waals surface area (Å²) in [6, 6.07) is 5.34. The van der Waals surface area contributed by atoms with Crippen LogP contribution in [0.15, 0.2) is 24.3 Å². The molecule has 1 aliphatic carbocycles. The van der Waals surface area contributed by atoms with Gasteiger partial charge in [0.1, 0.15) is 0 Å². The Balaban J connectivity index is 2.00. The lowest BCUT2D eigenvalue weighted by Gasteiger charge is -2.21. The second-order valence-corrected chi connectivity index (χ2v) is 6.22. The Kier molecular flexibility index (Phi) is 6.94. The van der Waals surface area contributed by atoms with Crippen LogP contribution >= 0.6 is 0 Å². The van der Waals surface area contributed by atoms with Gasteiger partial charge >= 0.3 is 5.97 Å². The summed E-state index contributed by atoms with van der Waals surface area (Å²) in [6.07, 6.45) is 5.09. The van der Waals surface area contributed by atoms with E-state index in [-0.39, 0.29) is 24.0 Å². The van der Waals surface area contributed by atoms with Crippen molar-refractivity contribution in [1.82, 2.24) is 5.32 Å². The zero-order valence-electron chi connectivity index (χ0n) is 14.3. The van der Waals surface area contributed by atoms with Crippen molar-refractivity contribution in [2.24, 2.45) is 5.92 Å². The van der Waals surface area contributed by atoms with Gasteiger partial charge in [0, 0.05) is 24.3 Å². The number of hydrogen-bond donors (Lipinski definition) is 3. The summed E-state index contributed by atoms with van der Waals surface area (Å²) in [4.78, 5) is 35.6. The van der Waals surface area contributed by atoms with Crippen molar-refractivity contribution >= 4 is 23.5 Å². The first-order chi connectivity index (χ1) is 12.0. The fraction of sp³-hybridized carbons (Fsp3) is 0.500. The van der Waals surface area contributed by atoms with Gasteiger partial charge in [-0.25, -0.2) is 4.79 Å². The van der Waals surface area contributed by atoms with Crippen LogP contribution in [0.2, 0.25) is 0 Å². The lowest BCUT2D eigenvalue weighted by molar-refractivity contribution is -0.140. The van der Waals surface area contributed by atoms with Gasteiger partial charge in [0.05, 0.1) is 6.61 Å². The quantitative estimate of drug-likeness (QED) is 0.699. The van der Waals surface area contributed by atoms with Gasteiger partial charge in [-0.05, 0) is 31.0 Å². The smallest absolute Gasteiger partial charge is 0.328 e. The number of carboxylic acid groups (broad SMARTS) is 1. The number of amides is 2. The first-order valence-electron chi connectivity index (χ1n) is 8.45. The number of hydrogen-bond acceptors (Lipinski definition) is 4. The molecular formula is C18H24N2O5. The molecule has 136 valence electrons. The highest BCUT2D eigenvalue weighted by molar-refractivity contribution is 5.99. The molecule has 0 aromatic heterocycles. The highest BCUT2D eigenvalue weighted by Crippen LogP contribution is 2.25. The molecule has 0 heterocycles. The molecule has 0 saturated heterocycles. The van der Waals surface area contributed by atoms with Crippen LogP contribution in [0.3, 0.4) is 0 Å². The molecule has 3 N–H and O–H groups in total. The van der Waals surface area contributed by atoms with Crippen molar-refractivity contribution in [3.05, 3.63) is 29.8 Å². The molecule has 2 rings (SSSR count). The van der Waals surface area contributed by atoms with E-state index in [0.29, 0.717) is 5.69 Å². The van der Waals surface area contributed by atoms with Crippen molar-refractivity contribution < 1.29 is 24.2 Å². The van der Waals surface area contributed by atoms with Crippen LogP contribution in [0.1, 0.15) is 42.5 Å². The summed E-state index contributed by atoms with van der Waals surface area (Å²) < 4.78 is 4.79. The van der Waals surface area contributed by atoms with Crippen LogP contribution in [0.25, 0.3) is 0 Å². The largest absolute Gasteiger partial charge is 0.480 e. The van der Waals surface area contributed by atoms with Crippen molar-refractivity contribution in [3.8, 4) is 0 Å². The first kappa shape index (κ1) is 18.9. The van der Waals surface area contributed by atoms with Gasteiger partial charge in [-0.1, -0.05) is 25.3 Å². The Labute approximate surface area is 146 Å². The third-order valence-electron chi connectivity index (χ3n) is 4.31. The molecule has 25 heavy (non-hydrogen) atoms. The number of rotatable bonds is 7. The molecule has 1 aromatic carbocycles. The van der Waals surface area contributed by atoms with Gasteiger partial charge in [-0.2, -0.15) is 0 Å². The second kappa shape index (κ2) is 9.17. The zero-order chi connectivity index (χ0) is 18.2. The summed E-state index contributed by atoms with van der Waals surface area (Å²) in [5.41, 5.74) is 0.811. The van der Waals surface area contributed by atoms with Gasteiger partial charge in [0.15, 0.2) is 6.04 Å². The number of anilines is 1. The molecule has 2 amide bonds. The third-order valence-corrected chi connectivity index (χ3v) is 4.31. The van der Waals surface area contributed by atoms with Crippen LogP contribution in [0, 0.1) is 5.92 Å². The summed E-state index contributed by atoms with van der Waals surface area (Å²) in [6.45, 7) is -0.126. The highest BCUT2D eigenvalue weighted by atomic mass is 16.5. The van der Waals surface area contributed by atoms with Gasteiger partial charge in [0.2, 0.25) is 5.91 Å². The standard InChI is InChI=1S/C18H24N2O5/c1-25-11-15(18(23)24)20-17(22)13-8-5-9-14(10-13)19-16(21)12-6-3-2-4-7-12/h5,8-10,12,15H,2-4,6-7,11H2,1H3,(H,19,21)(H,20,22)(H,23,24). The highest BCUT2D eigenvalue weighted by Gasteiger charge is 2.22. The van der Waals surface area contributed by atoms with E-state index >= 15 is 0 Å². The van der Waals surface area contributed by atoms with Crippen molar-refractivity contribution in [3.63, 3.8) is 0 Å². The second-order valence-electron chi connectivity index (χ2n) is 6.22. The summed E-state index contributed by atoms with van der Waals surface area (Å²) >= 11 is 0. The number of carbonyl (C=O) groups is 3. The van der Waals surface area contributed by atoms with Crippen LogP contribution < -0.4 is 10.6 Å². The maximum atomic E-state index is 12.3. The first-order valence-corrected chi connectivity index (χ1v) is 8.45. The minimum Gasteiger partial charge on any atom is -0.480 e. The lowest BCUT2D eigenvalue weighted by Crippen LogP contribution is -2.43. The summed E-state index contributed by atoms with van der Waals surface area (Å²) in [7, 11) is 1.36. The predicted octanol–water partition coefficient (Wildman–Crippen LogP) is 2.03. The van der Waals surface area contributed by atoms with E-state index in [4.69, 9.17) is 9.84 Å².